The van der Waals surface area contributed by atoms with Crippen molar-refractivity contribution >= 4 is 0 Å². The molecule has 1 aromatic heterocycles. The van der Waals surface area contributed by atoms with Gasteiger partial charge < -0.3 is 9.30 Å². The lowest BCUT2D eigenvalue weighted by Crippen LogP contribution is -2.20. The van der Waals surface area contributed by atoms with Gasteiger partial charge in [-0.3, -0.25) is 4.79 Å². The predicted molar refractivity (Wildman–Crippen MR) is 55.3 cm³/mol. The Morgan fingerprint density at radius 1 is 1.64 bits per heavy atom. The molecule has 0 aliphatic rings. The van der Waals surface area contributed by atoms with Gasteiger partial charge in [-0.05, 0) is 18.6 Å². The molecule has 0 fully saturated rings. The zero-order valence-corrected chi connectivity index (χ0v) is 8.19. The number of nitrogens with zero attached hydrogens (tertiary/aromatic N) is 1. The molecule has 0 aliphatic heterocycles. The molecule has 1 heterocycles. The lowest BCUT2D eigenvalue weighted by molar-refractivity contribution is 0.310. The van der Waals surface area contributed by atoms with Gasteiger partial charge in [0.1, 0.15) is 0 Å². The third kappa shape index (κ3) is 2.40. The molecule has 14 heavy (non-hydrogen) atoms. The zero-order valence-electron chi connectivity index (χ0n) is 8.19. The smallest absolute Gasteiger partial charge is 0.293 e. The van der Waals surface area contributed by atoms with E-state index in [4.69, 9.17) is 11.2 Å². The summed E-state index contributed by atoms with van der Waals surface area (Å²) in [5.74, 6) is 2.78. The van der Waals surface area contributed by atoms with Crippen LogP contribution in [0.25, 0.3) is 0 Å². The monoisotopic (exact) mass is 191 g/mol. The molecule has 74 valence electrons. The summed E-state index contributed by atoms with van der Waals surface area (Å²) < 4.78 is 6.72. The van der Waals surface area contributed by atoms with Gasteiger partial charge in [0.05, 0.1) is 13.2 Å². The largest absolute Gasteiger partial charge is 0.488 e. The Balaban J connectivity index is 2.91. The first kappa shape index (κ1) is 10.4. The highest BCUT2D eigenvalue weighted by atomic mass is 16.5. The molecule has 1 aromatic rings. The summed E-state index contributed by atoms with van der Waals surface area (Å²) in [6.45, 7) is 2.82. The summed E-state index contributed by atoms with van der Waals surface area (Å²) in [5.41, 5.74) is -0.168. The second-order valence-corrected chi connectivity index (χ2v) is 2.86. The topological polar surface area (TPSA) is 31.2 Å². The number of hydrogen-bond donors (Lipinski definition) is 0. The van der Waals surface area contributed by atoms with E-state index >= 15 is 0 Å². The maximum absolute atomic E-state index is 11.6. The van der Waals surface area contributed by atoms with Crippen molar-refractivity contribution in [3.05, 3.63) is 28.7 Å². The molecule has 3 nitrogen and oxygen atoms in total. The average Bonchev–Trinajstić information content (AvgIpc) is 2.20. The Morgan fingerprint density at radius 2 is 2.43 bits per heavy atom. The fourth-order valence-electron chi connectivity index (χ4n) is 1.06. The van der Waals surface area contributed by atoms with Crippen molar-refractivity contribution in [3.8, 4) is 18.1 Å². The zero-order chi connectivity index (χ0) is 10.4. The number of aromatic nitrogens is 1. The van der Waals surface area contributed by atoms with E-state index < -0.39 is 0 Å². The standard InChI is InChI=1S/C11H13NO2/c1-3-7-12-8-5-6-10(11(12)13)14-9-4-2/h1,5-6,8H,4,7,9H2,2H3. The van der Waals surface area contributed by atoms with E-state index in [1.165, 1.54) is 4.57 Å². The van der Waals surface area contributed by atoms with Crippen molar-refractivity contribution in [2.24, 2.45) is 0 Å². The van der Waals surface area contributed by atoms with Crippen LogP contribution in [0.4, 0.5) is 0 Å². The molecule has 0 spiro atoms. The molecular formula is C11H13NO2. The minimum Gasteiger partial charge on any atom is -0.488 e. The van der Waals surface area contributed by atoms with E-state index in [-0.39, 0.29) is 12.1 Å². The van der Waals surface area contributed by atoms with Gasteiger partial charge in [-0.1, -0.05) is 12.8 Å². The molecule has 0 atom stereocenters. The lowest BCUT2D eigenvalue weighted by atomic mass is 10.4. The molecule has 0 saturated carbocycles. The van der Waals surface area contributed by atoms with Gasteiger partial charge in [0.2, 0.25) is 0 Å². The van der Waals surface area contributed by atoms with Crippen LogP contribution in [0.15, 0.2) is 23.1 Å². The molecule has 3 heteroatoms. The molecule has 0 bridgehead atoms. The molecule has 0 N–H and O–H groups in total. The third-order valence-electron chi connectivity index (χ3n) is 1.71. The first-order valence-electron chi connectivity index (χ1n) is 4.55. The van der Waals surface area contributed by atoms with Gasteiger partial charge in [-0.2, -0.15) is 0 Å². The summed E-state index contributed by atoms with van der Waals surface area (Å²) in [7, 11) is 0. The van der Waals surface area contributed by atoms with Crippen molar-refractivity contribution in [2.75, 3.05) is 6.61 Å². The molecule has 0 unspecified atom stereocenters. The van der Waals surface area contributed by atoms with Crippen LogP contribution in [0.2, 0.25) is 0 Å². The highest BCUT2D eigenvalue weighted by molar-refractivity contribution is 5.17. The molecule has 0 amide bonds. The van der Waals surface area contributed by atoms with Gasteiger partial charge in [-0.15, -0.1) is 6.42 Å². The Kier molecular flexibility index (Phi) is 3.81. The van der Waals surface area contributed by atoms with E-state index in [0.717, 1.165) is 6.42 Å². The minimum atomic E-state index is -0.168. The first-order chi connectivity index (χ1) is 6.79. The van der Waals surface area contributed by atoms with Crippen LogP contribution >= 0.6 is 0 Å². The molecular weight excluding hydrogens is 178 g/mol. The van der Waals surface area contributed by atoms with Crippen LogP contribution in [0.3, 0.4) is 0 Å². The maximum Gasteiger partial charge on any atom is 0.293 e. The molecule has 0 saturated heterocycles. The summed E-state index contributed by atoms with van der Waals surface area (Å²) in [6, 6.07) is 3.41. The van der Waals surface area contributed by atoms with Crippen molar-refractivity contribution in [3.63, 3.8) is 0 Å². The van der Waals surface area contributed by atoms with Crippen molar-refractivity contribution in [2.45, 2.75) is 19.9 Å². The number of hydrogen-bond acceptors (Lipinski definition) is 2. The second-order valence-electron chi connectivity index (χ2n) is 2.86. The van der Waals surface area contributed by atoms with Crippen LogP contribution < -0.4 is 10.3 Å². The highest BCUT2D eigenvalue weighted by Crippen LogP contribution is 2.01. The Morgan fingerprint density at radius 3 is 3.07 bits per heavy atom. The van der Waals surface area contributed by atoms with E-state index in [1.807, 2.05) is 6.92 Å². The second kappa shape index (κ2) is 5.13. The summed E-state index contributed by atoms with van der Waals surface area (Å²) in [6.07, 6.45) is 7.66. The number of terminal acetylenes is 1. The van der Waals surface area contributed by atoms with Crippen LogP contribution in [-0.4, -0.2) is 11.2 Å². The van der Waals surface area contributed by atoms with Crippen LogP contribution in [-0.2, 0) is 6.54 Å². The van der Waals surface area contributed by atoms with Gasteiger partial charge in [0.15, 0.2) is 5.75 Å². The molecule has 1 rings (SSSR count). The average molecular weight is 191 g/mol. The predicted octanol–water partition coefficient (Wildman–Crippen LogP) is 1.27. The lowest BCUT2D eigenvalue weighted by Gasteiger charge is -2.05. The Labute approximate surface area is 83.3 Å². The van der Waals surface area contributed by atoms with Gasteiger partial charge in [-0.25, -0.2) is 0 Å². The van der Waals surface area contributed by atoms with Crippen LogP contribution in [0.5, 0.6) is 5.75 Å². The number of ether oxygens (including phenoxy) is 1. The quantitative estimate of drug-likeness (QED) is 0.671. The van der Waals surface area contributed by atoms with Crippen molar-refractivity contribution < 1.29 is 4.74 Å². The summed E-state index contributed by atoms with van der Waals surface area (Å²) in [5, 5.41) is 0. The molecule has 0 aliphatic carbocycles. The van der Waals surface area contributed by atoms with E-state index in [2.05, 4.69) is 5.92 Å². The van der Waals surface area contributed by atoms with Crippen LogP contribution in [0, 0.1) is 12.3 Å². The number of pyridine rings is 1. The van der Waals surface area contributed by atoms with Gasteiger partial charge in [0.25, 0.3) is 5.56 Å². The summed E-state index contributed by atoms with van der Waals surface area (Å²) in [4.78, 5) is 11.6. The van der Waals surface area contributed by atoms with E-state index in [9.17, 15) is 4.79 Å². The fraction of sp³-hybridized carbons (Fsp3) is 0.364. The maximum atomic E-state index is 11.6. The van der Waals surface area contributed by atoms with Crippen molar-refractivity contribution in [1.82, 2.24) is 4.57 Å². The highest BCUT2D eigenvalue weighted by Gasteiger charge is 2.01. The summed E-state index contributed by atoms with van der Waals surface area (Å²) >= 11 is 0. The van der Waals surface area contributed by atoms with E-state index in [0.29, 0.717) is 12.4 Å². The minimum absolute atomic E-state index is 0.168. The van der Waals surface area contributed by atoms with Crippen molar-refractivity contribution in [1.29, 1.82) is 0 Å². The third-order valence-corrected chi connectivity index (χ3v) is 1.71. The van der Waals surface area contributed by atoms with Gasteiger partial charge >= 0.3 is 0 Å². The van der Waals surface area contributed by atoms with Crippen LogP contribution in [0.1, 0.15) is 13.3 Å². The number of rotatable bonds is 4. The molecule has 0 radical (unpaired) electrons. The molecule has 0 aromatic carbocycles. The Bertz CT molecular complexity index is 387. The fourth-order valence-corrected chi connectivity index (χ4v) is 1.06. The normalized spacial score (nSPS) is 9.43. The first-order valence-corrected chi connectivity index (χ1v) is 4.55. The van der Waals surface area contributed by atoms with Gasteiger partial charge in [0, 0.05) is 6.20 Å². The Hall–Kier alpha value is -1.69. The SMILES string of the molecule is C#CCn1cccc(OCCC)c1=O. The van der Waals surface area contributed by atoms with E-state index in [1.54, 1.807) is 18.3 Å².